The van der Waals surface area contributed by atoms with E-state index in [0.29, 0.717) is 22.5 Å². The third-order valence-corrected chi connectivity index (χ3v) is 2.90. The van der Waals surface area contributed by atoms with E-state index in [2.05, 4.69) is 9.97 Å². The van der Waals surface area contributed by atoms with Gasteiger partial charge in [-0.3, -0.25) is 9.97 Å². The summed E-state index contributed by atoms with van der Waals surface area (Å²) < 4.78 is 0. The Morgan fingerprint density at radius 3 is 1.55 bits per heavy atom. The average Bonchev–Trinajstić information content (AvgIpc) is 2.49. The molecule has 0 saturated carbocycles. The Kier molecular flexibility index (Phi) is 4.57. The second-order valence-corrected chi connectivity index (χ2v) is 4.11. The molecule has 0 atom stereocenters. The molecule has 0 radical (unpaired) electrons. The summed E-state index contributed by atoms with van der Waals surface area (Å²) in [4.78, 5) is 8.45. The summed E-state index contributed by atoms with van der Waals surface area (Å²) in [6.45, 7) is 0. The van der Waals surface area contributed by atoms with Crippen molar-refractivity contribution in [3.63, 3.8) is 0 Å². The van der Waals surface area contributed by atoms with Crippen LogP contribution in [-0.4, -0.2) is 9.97 Å². The van der Waals surface area contributed by atoms with E-state index in [9.17, 15) is 5.11 Å². The fourth-order valence-corrected chi connectivity index (χ4v) is 1.98. The van der Waals surface area contributed by atoms with Crippen molar-refractivity contribution in [2.45, 2.75) is 0 Å². The Hall–Kier alpha value is -2.08. The van der Waals surface area contributed by atoms with Crippen LogP contribution in [0.3, 0.4) is 0 Å². The van der Waals surface area contributed by atoms with Gasteiger partial charge in [0, 0.05) is 12.4 Å². The Labute approximate surface area is 129 Å². The van der Waals surface area contributed by atoms with Gasteiger partial charge in [0.2, 0.25) is 0 Å². The van der Waals surface area contributed by atoms with Gasteiger partial charge in [0.25, 0.3) is 0 Å². The molecule has 92 valence electrons. The molecule has 3 rings (SSSR count). The van der Waals surface area contributed by atoms with Crippen molar-refractivity contribution >= 4 is 0 Å². The Morgan fingerprint density at radius 2 is 1.15 bits per heavy atom. The van der Waals surface area contributed by atoms with Crippen molar-refractivity contribution in [2.24, 2.45) is 0 Å². The number of pyridine rings is 2. The van der Waals surface area contributed by atoms with Crippen LogP contribution in [-0.2, 0) is 0 Å². The van der Waals surface area contributed by atoms with Crippen molar-refractivity contribution < 1.29 is 24.0 Å². The van der Waals surface area contributed by atoms with E-state index in [-0.39, 0.29) is 24.6 Å². The third-order valence-electron chi connectivity index (χ3n) is 2.90. The van der Waals surface area contributed by atoms with Crippen molar-refractivity contribution in [1.82, 2.24) is 9.97 Å². The van der Waals surface area contributed by atoms with Crippen molar-refractivity contribution in [3.8, 4) is 28.3 Å². The van der Waals surface area contributed by atoms with Gasteiger partial charge in [0.15, 0.2) is 0 Å². The smallest absolute Gasteiger partial charge is 0.872 e. The van der Waals surface area contributed by atoms with Gasteiger partial charge >= 0.3 is 18.9 Å². The maximum absolute atomic E-state index is 12.5. The van der Waals surface area contributed by atoms with Crippen molar-refractivity contribution in [2.75, 3.05) is 0 Å². The van der Waals surface area contributed by atoms with Crippen LogP contribution >= 0.6 is 0 Å². The standard InChI is InChI=1S/C16H12N2O.Li/c19-16-12(14-8-1-3-10-17-14)6-5-7-13(16)15-9-2-4-11-18-15;/h1-11,19H;/q;+1/p-1. The summed E-state index contributed by atoms with van der Waals surface area (Å²) in [6.07, 6.45) is 3.37. The first-order valence-corrected chi connectivity index (χ1v) is 5.99. The van der Waals surface area contributed by atoms with Gasteiger partial charge in [0.05, 0.1) is 11.4 Å². The predicted octanol–water partition coefficient (Wildman–Crippen LogP) is -0.112. The molecule has 20 heavy (non-hydrogen) atoms. The minimum Gasteiger partial charge on any atom is -0.872 e. The van der Waals surface area contributed by atoms with Crippen LogP contribution in [0.25, 0.3) is 22.5 Å². The minimum atomic E-state index is -0.0418. The number of hydrogen-bond acceptors (Lipinski definition) is 3. The molecule has 0 amide bonds. The second kappa shape index (κ2) is 6.38. The molecule has 2 aromatic heterocycles. The van der Waals surface area contributed by atoms with E-state index in [0.717, 1.165) is 0 Å². The number of para-hydroxylation sites is 1. The quantitative estimate of drug-likeness (QED) is 0.599. The van der Waals surface area contributed by atoms with E-state index in [1.165, 1.54) is 0 Å². The molecule has 3 nitrogen and oxygen atoms in total. The normalized spacial score (nSPS) is 9.80. The minimum absolute atomic E-state index is 0. The van der Waals surface area contributed by atoms with Crippen LogP contribution in [0.15, 0.2) is 67.0 Å². The van der Waals surface area contributed by atoms with Crippen LogP contribution < -0.4 is 24.0 Å². The SMILES string of the molecule is [Li+].[O-]c1c(-c2ccccn2)cccc1-c1ccccn1. The van der Waals surface area contributed by atoms with Crippen LogP contribution in [0, 0.1) is 0 Å². The Balaban J connectivity index is 0.00000147. The summed E-state index contributed by atoms with van der Waals surface area (Å²) in [6, 6.07) is 16.5. The average molecular weight is 254 g/mol. The van der Waals surface area contributed by atoms with Gasteiger partial charge in [-0.05, 0) is 35.4 Å². The van der Waals surface area contributed by atoms with Crippen LogP contribution in [0.1, 0.15) is 0 Å². The molecule has 0 aliphatic carbocycles. The van der Waals surface area contributed by atoms with Gasteiger partial charge in [-0.2, -0.15) is 0 Å². The molecule has 0 saturated heterocycles. The number of aromatic nitrogens is 2. The third kappa shape index (κ3) is 2.75. The van der Waals surface area contributed by atoms with Gasteiger partial charge in [-0.25, -0.2) is 0 Å². The van der Waals surface area contributed by atoms with Crippen LogP contribution in [0.5, 0.6) is 5.75 Å². The molecule has 1 aromatic carbocycles. The molecule has 0 unspecified atom stereocenters. The largest absolute Gasteiger partial charge is 1.00 e. The van der Waals surface area contributed by atoms with E-state index in [4.69, 9.17) is 0 Å². The van der Waals surface area contributed by atoms with Gasteiger partial charge < -0.3 is 5.11 Å². The molecule has 4 heteroatoms. The second-order valence-electron chi connectivity index (χ2n) is 4.11. The Bertz CT molecular complexity index is 630. The van der Waals surface area contributed by atoms with Gasteiger partial charge in [-0.1, -0.05) is 36.1 Å². The molecule has 0 aliphatic rings. The summed E-state index contributed by atoms with van der Waals surface area (Å²) in [7, 11) is 0. The number of benzene rings is 1. The summed E-state index contributed by atoms with van der Waals surface area (Å²) in [5, 5.41) is 12.5. The topological polar surface area (TPSA) is 48.8 Å². The van der Waals surface area contributed by atoms with Crippen LogP contribution in [0.4, 0.5) is 0 Å². The zero-order valence-corrected chi connectivity index (χ0v) is 11.2. The first-order chi connectivity index (χ1) is 9.36. The number of nitrogens with zero attached hydrogens (tertiary/aromatic N) is 2. The zero-order valence-electron chi connectivity index (χ0n) is 11.2. The fraction of sp³-hybridized carbons (Fsp3) is 0. The van der Waals surface area contributed by atoms with E-state index >= 15 is 0 Å². The molecule has 0 bridgehead atoms. The summed E-state index contributed by atoms with van der Waals surface area (Å²) in [5.74, 6) is -0.0418. The predicted molar refractivity (Wildman–Crippen MR) is 72.4 cm³/mol. The zero-order chi connectivity index (χ0) is 13.1. The van der Waals surface area contributed by atoms with E-state index in [1.54, 1.807) is 24.5 Å². The molecule has 3 aromatic rings. The molecular formula is C16H11LiN2O. The molecule has 0 aliphatic heterocycles. The van der Waals surface area contributed by atoms with Gasteiger partial charge in [0.1, 0.15) is 0 Å². The molecule has 0 N–H and O–H groups in total. The van der Waals surface area contributed by atoms with Crippen molar-refractivity contribution in [1.29, 1.82) is 0 Å². The maximum atomic E-state index is 12.5. The molecule has 0 spiro atoms. The summed E-state index contributed by atoms with van der Waals surface area (Å²) in [5.41, 5.74) is 2.57. The molecular weight excluding hydrogens is 243 g/mol. The summed E-state index contributed by atoms with van der Waals surface area (Å²) >= 11 is 0. The van der Waals surface area contributed by atoms with E-state index in [1.807, 2.05) is 42.5 Å². The molecule has 2 heterocycles. The molecule has 0 fully saturated rings. The maximum Gasteiger partial charge on any atom is 1.00 e. The van der Waals surface area contributed by atoms with Gasteiger partial charge in [-0.15, -0.1) is 0 Å². The number of rotatable bonds is 2. The number of hydrogen-bond donors (Lipinski definition) is 0. The first-order valence-electron chi connectivity index (χ1n) is 5.99. The fourth-order valence-electron chi connectivity index (χ4n) is 1.98. The van der Waals surface area contributed by atoms with Crippen LogP contribution in [0.2, 0.25) is 0 Å². The Morgan fingerprint density at radius 1 is 0.650 bits per heavy atom. The monoisotopic (exact) mass is 254 g/mol. The van der Waals surface area contributed by atoms with E-state index < -0.39 is 0 Å². The van der Waals surface area contributed by atoms with Crippen molar-refractivity contribution in [3.05, 3.63) is 67.0 Å². The first kappa shape index (κ1) is 14.3.